The van der Waals surface area contributed by atoms with E-state index >= 15 is 0 Å². The molecule has 1 atom stereocenters. The third kappa shape index (κ3) is 3.88. The molecule has 0 amide bonds. The molecule has 0 radical (unpaired) electrons. The highest BCUT2D eigenvalue weighted by Gasteiger charge is 2.16. The average Bonchev–Trinajstić information content (AvgIpc) is 2.84. The van der Waals surface area contributed by atoms with Crippen LogP contribution in [0.25, 0.3) is 0 Å². The van der Waals surface area contributed by atoms with E-state index in [2.05, 4.69) is 22.9 Å². The summed E-state index contributed by atoms with van der Waals surface area (Å²) >= 11 is 0. The van der Waals surface area contributed by atoms with Crippen LogP contribution in [0, 0.1) is 12.3 Å². The topological polar surface area (TPSA) is 71.3 Å². The Kier molecular flexibility index (Phi) is 5.41. The fourth-order valence-electron chi connectivity index (χ4n) is 1.46. The van der Waals surface area contributed by atoms with Crippen LogP contribution in [0.15, 0.2) is 21.6 Å². The first-order valence-corrected chi connectivity index (χ1v) is 7.23. The van der Waals surface area contributed by atoms with Crippen LogP contribution in [-0.2, 0) is 16.6 Å². The SMILES string of the molecule is C#CC(CCC)NCc1ccc(S(=O)(=O)NC)o1. The average molecular weight is 270 g/mol. The highest BCUT2D eigenvalue weighted by atomic mass is 32.2. The molecule has 6 heteroatoms. The van der Waals surface area contributed by atoms with Gasteiger partial charge in [0.15, 0.2) is 0 Å². The molecule has 1 aromatic heterocycles. The standard InChI is InChI=1S/C12H18N2O3S/c1-4-6-10(5-2)14-9-11-7-8-12(17-11)18(15,16)13-3/h2,7-8,10,13-14H,4,6,9H2,1,3H3. The summed E-state index contributed by atoms with van der Waals surface area (Å²) in [5.41, 5.74) is 0. The van der Waals surface area contributed by atoms with Crippen LogP contribution in [0.4, 0.5) is 0 Å². The first kappa shape index (κ1) is 14.8. The summed E-state index contributed by atoms with van der Waals surface area (Å²) in [6.07, 6.45) is 7.23. The van der Waals surface area contributed by atoms with Crippen LogP contribution < -0.4 is 10.0 Å². The van der Waals surface area contributed by atoms with E-state index < -0.39 is 10.0 Å². The lowest BCUT2D eigenvalue weighted by Crippen LogP contribution is -2.26. The summed E-state index contributed by atoms with van der Waals surface area (Å²) in [6, 6.07) is 3.02. The lowest BCUT2D eigenvalue weighted by molar-refractivity contribution is 0.393. The number of nitrogens with one attached hydrogen (secondary N) is 2. The molecule has 0 bridgehead atoms. The van der Waals surface area contributed by atoms with E-state index in [1.807, 2.05) is 0 Å². The smallest absolute Gasteiger partial charge is 0.273 e. The monoisotopic (exact) mass is 270 g/mol. The second-order valence-corrected chi connectivity index (χ2v) is 5.63. The number of hydrogen-bond acceptors (Lipinski definition) is 4. The Morgan fingerprint density at radius 1 is 1.50 bits per heavy atom. The summed E-state index contributed by atoms with van der Waals surface area (Å²) < 4.78 is 30.3. The Balaban J connectivity index is 2.63. The van der Waals surface area contributed by atoms with Crippen molar-refractivity contribution in [2.45, 2.75) is 37.4 Å². The summed E-state index contributed by atoms with van der Waals surface area (Å²) in [5.74, 6) is 3.18. The van der Waals surface area contributed by atoms with Gasteiger partial charge in [-0.2, -0.15) is 0 Å². The fraction of sp³-hybridized carbons (Fsp3) is 0.500. The zero-order valence-electron chi connectivity index (χ0n) is 10.6. The lowest BCUT2D eigenvalue weighted by Gasteiger charge is -2.10. The highest BCUT2D eigenvalue weighted by molar-refractivity contribution is 7.89. The first-order chi connectivity index (χ1) is 8.53. The van der Waals surface area contributed by atoms with Crippen LogP contribution in [0.3, 0.4) is 0 Å². The highest BCUT2D eigenvalue weighted by Crippen LogP contribution is 2.13. The van der Waals surface area contributed by atoms with Gasteiger partial charge in [0.05, 0.1) is 12.6 Å². The molecule has 1 heterocycles. The van der Waals surface area contributed by atoms with Crippen molar-refractivity contribution in [3.63, 3.8) is 0 Å². The van der Waals surface area contributed by atoms with Crippen molar-refractivity contribution in [2.75, 3.05) is 7.05 Å². The third-order valence-electron chi connectivity index (χ3n) is 2.47. The van der Waals surface area contributed by atoms with Gasteiger partial charge in [-0.1, -0.05) is 19.3 Å². The Hall–Kier alpha value is -1.29. The summed E-state index contributed by atoms with van der Waals surface area (Å²) in [4.78, 5) is 0. The minimum atomic E-state index is -3.52. The largest absolute Gasteiger partial charge is 0.447 e. The maximum absolute atomic E-state index is 11.5. The van der Waals surface area contributed by atoms with Crippen molar-refractivity contribution in [2.24, 2.45) is 0 Å². The Morgan fingerprint density at radius 2 is 2.22 bits per heavy atom. The predicted octanol–water partition coefficient (Wildman–Crippen LogP) is 1.08. The minimum Gasteiger partial charge on any atom is -0.447 e. The number of rotatable bonds is 7. The van der Waals surface area contributed by atoms with Gasteiger partial charge in [0.2, 0.25) is 5.09 Å². The molecule has 0 aliphatic heterocycles. The minimum absolute atomic E-state index is 0.0237. The molecule has 0 saturated heterocycles. The molecule has 5 nitrogen and oxygen atoms in total. The van der Waals surface area contributed by atoms with Gasteiger partial charge in [0.1, 0.15) is 5.76 Å². The molecular formula is C12H18N2O3S. The van der Waals surface area contributed by atoms with Gasteiger partial charge < -0.3 is 4.42 Å². The quantitative estimate of drug-likeness (QED) is 0.727. The van der Waals surface area contributed by atoms with Crippen molar-refractivity contribution in [1.82, 2.24) is 10.0 Å². The molecule has 0 fully saturated rings. The van der Waals surface area contributed by atoms with Crippen LogP contribution in [0.2, 0.25) is 0 Å². The van der Waals surface area contributed by atoms with Gasteiger partial charge in [-0.05, 0) is 25.6 Å². The van der Waals surface area contributed by atoms with Crippen molar-refractivity contribution in [3.8, 4) is 12.3 Å². The molecule has 1 aromatic rings. The molecule has 0 spiro atoms. The van der Waals surface area contributed by atoms with Gasteiger partial charge in [0, 0.05) is 0 Å². The van der Waals surface area contributed by atoms with E-state index in [-0.39, 0.29) is 11.1 Å². The summed E-state index contributed by atoms with van der Waals surface area (Å²) in [7, 11) is -2.18. The van der Waals surface area contributed by atoms with Gasteiger partial charge in [-0.25, -0.2) is 13.1 Å². The molecule has 100 valence electrons. The second kappa shape index (κ2) is 6.59. The molecule has 0 aliphatic rings. The van der Waals surface area contributed by atoms with E-state index in [4.69, 9.17) is 10.8 Å². The van der Waals surface area contributed by atoms with Crippen LogP contribution >= 0.6 is 0 Å². The predicted molar refractivity (Wildman–Crippen MR) is 69.3 cm³/mol. The lowest BCUT2D eigenvalue weighted by atomic mass is 10.2. The van der Waals surface area contributed by atoms with Crippen molar-refractivity contribution in [1.29, 1.82) is 0 Å². The molecule has 1 rings (SSSR count). The zero-order valence-corrected chi connectivity index (χ0v) is 11.4. The molecular weight excluding hydrogens is 252 g/mol. The molecule has 1 unspecified atom stereocenters. The Labute approximate surface area is 108 Å². The van der Waals surface area contributed by atoms with E-state index in [0.717, 1.165) is 12.8 Å². The van der Waals surface area contributed by atoms with Gasteiger partial charge >= 0.3 is 0 Å². The summed E-state index contributed by atoms with van der Waals surface area (Å²) in [5, 5.41) is 3.04. The van der Waals surface area contributed by atoms with Crippen molar-refractivity contribution in [3.05, 3.63) is 17.9 Å². The molecule has 0 aliphatic carbocycles. The number of hydrogen-bond donors (Lipinski definition) is 2. The van der Waals surface area contributed by atoms with Gasteiger partial charge in [0.25, 0.3) is 10.0 Å². The molecule has 0 aromatic carbocycles. The van der Waals surface area contributed by atoms with Crippen LogP contribution in [0.5, 0.6) is 0 Å². The van der Waals surface area contributed by atoms with Crippen LogP contribution in [0.1, 0.15) is 25.5 Å². The van der Waals surface area contributed by atoms with Gasteiger partial charge in [-0.3, -0.25) is 5.32 Å². The second-order valence-electron chi connectivity index (χ2n) is 3.82. The number of sulfonamides is 1. The number of terminal acetylenes is 1. The number of furan rings is 1. The van der Waals surface area contributed by atoms with E-state index in [1.54, 1.807) is 6.07 Å². The molecule has 0 saturated carbocycles. The molecule has 18 heavy (non-hydrogen) atoms. The third-order valence-corrected chi connectivity index (χ3v) is 3.76. The Bertz CT molecular complexity index is 514. The zero-order chi connectivity index (χ0) is 13.6. The van der Waals surface area contributed by atoms with Gasteiger partial charge in [-0.15, -0.1) is 6.42 Å². The van der Waals surface area contributed by atoms with Crippen molar-refractivity contribution >= 4 is 10.0 Å². The van der Waals surface area contributed by atoms with E-state index in [1.165, 1.54) is 13.1 Å². The maximum atomic E-state index is 11.5. The van der Waals surface area contributed by atoms with Crippen LogP contribution in [-0.4, -0.2) is 21.5 Å². The maximum Gasteiger partial charge on any atom is 0.273 e. The van der Waals surface area contributed by atoms with Crippen molar-refractivity contribution < 1.29 is 12.8 Å². The fourth-order valence-corrected chi connectivity index (χ4v) is 2.12. The Morgan fingerprint density at radius 3 is 2.78 bits per heavy atom. The summed E-state index contributed by atoms with van der Waals surface area (Å²) in [6.45, 7) is 2.46. The normalized spacial score (nSPS) is 13.2. The van der Waals surface area contributed by atoms with E-state index in [9.17, 15) is 8.42 Å². The van der Waals surface area contributed by atoms with E-state index in [0.29, 0.717) is 12.3 Å². The first-order valence-electron chi connectivity index (χ1n) is 5.75. The molecule has 2 N–H and O–H groups in total.